The average Bonchev–Trinajstić information content (AvgIpc) is 3.02. The highest BCUT2D eigenvalue weighted by Crippen LogP contribution is 2.17. The number of halogens is 2. The van der Waals surface area contributed by atoms with E-state index in [0.29, 0.717) is 16.7 Å². The maximum absolute atomic E-state index is 13.2. The molecule has 8 heteroatoms. The summed E-state index contributed by atoms with van der Waals surface area (Å²) in [7, 11) is 0. The number of H-pyrrole nitrogens is 1. The molecular weight excluding hydrogens is 393 g/mol. The van der Waals surface area contributed by atoms with Gasteiger partial charge in [0.1, 0.15) is 17.3 Å². The lowest BCUT2D eigenvalue weighted by atomic mass is 10.2. The lowest BCUT2D eigenvalue weighted by Gasteiger charge is -2.08. The minimum absolute atomic E-state index is 0.203. The molecule has 0 saturated heterocycles. The number of amides is 2. The number of benzene rings is 2. The van der Waals surface area contributed by atoms with Crippen LogP contribution in [0.15, 0.2) is 53.0 Å². The quantitative estimate of drug-likeness (QED) is 0.583. The average molecular weight is 406 g/mol. The number of hydrogen-bond donors (Lipinski definition) is 3. The Hall–Kier alpha value is -2.87. The summed E-state index contributed by atoms with van der Waals surface area (Å²) in [4.78, 5) is 26.6. The largest absolute Gasteiger partial charge is 0.484 e. The topological polar surface area (TPSA) is 83.2 Å². The monoisotopic (exact) mass is 405 g/mol. The molecule has 2 amide bonds. The first-order chi connectivity index (χ1) is 12.0. The summed E-state index contributed by atoms with van der Waals surface area (Å²) in [5.74, 6) is -0.925. The molecule has 0 spiro atoms. The molecule has 128 valence electrons. The van der Waals surface area contributed by atoms with Crippen LogP contribution < -0.4 is 15.6 Å². The van der Waals surface area contributed by atoms with Crippen molar-refractivity contribution >= 4 is 38.6 Å². The Kier molecular flexibility index (Phi) is 4.99. The molecule has 6 nitrogen and oxygen atoms in total. The second-order valence-electron chi connectivity index (χ2n) is 5.16. The molecule has 2 aromatic carbocycles. The minimum atomic E-state index is -0.548. The molecule has 25 heavy (non-hydrogen) atoms. The Morgan fingerprint density at radius 2 is 1.84 bits per heavy atom. The highest BCUT2D eigenvalue weighted by molar-refractivity contribution is 9.10. The maximum atomic E-state index is 13.2. The van der Waals surface area contributed by atoms with Crippen molar-refractivity contribution in [1.29, 1.82) is 0 Å². The molecule has 3 N–H and O–H groups in total. The van der Waals surface area contributed by atoms with Crippen LogP contribution in [0.1, 0.15) is 10.5 Å². The first-order valence-corrected chi connectivity index (χ1v) is 8.06. The molecule has 1 heterocycles. The van der Waals surface area contributed by atoms with Crippen molar-refractivity contribution < 1.29 is 18.7 Å². The highest BCUT2D eigenvalue weighted by Gasteiger charge is 2.11. The van der Waals surface area contributed by atoms with Crippen LogP contribution in [0, 0.1) is 5.82 Å². The number of carbonyl (C=O) groups is 2. The normalized spacial score (nSPS) is 10.5. The molecule has 0 bridgehead atoms. The van der Waals surface area contributed by atoms with Gasteiger partial charge in [-0.15, -0.1) is 0 Å². The van der Waals surface area contributed by atoms with Gasteiger partial charge >= 0.3 is 0 Å². The molecule has 0 radical (unpaired) electrons. The molecule has 0 unspecified atom stereocenters. The summed E-state index contributed by atoms with van der Waals surface area (Å²) >= 11 is 3.30. The number of hydrogen-bond acceptors (Lipinski definition) is 3. The van der Waals surface area contributed by atoms with Gasteiger partial charge < -0.3 is 9.72 Å². The van der Waals surface area contributed by atoms with Crippen LogP contribution in [-0.2, 0) is 4.79 Å². The number of fused-ring (bicyclic) bond motifs is 1. The van der Waals surface area contributed by atoms with Gasteiger partial charge in [0.25, 0.3) is 11.8 Å². The van der Waals surface area contributed by atoms with Gasteiger partial charge in [0, 0.05) is 15.4 Å². The van der Waals surface area contributed by atoms with Crippen molar-refractivity contribution in [3.05, 3.63) is 64.5 Å². The zero-order valence-electron chi connectivity index (χ0n) is 12.8. The molecular formula is C17H13BrFN3O3. The van der Waals surface area contributed by atoms with Gasteiger partial charge in [-0.3, -0.25) is 20.4 Å². The lowest BCUT2D eigenvalue weighted by Crippen LogP contribution is -2.43. The molecule has 1 aromatic heterocycles. The first kappa shape index (κ1) is 17.0. The molecule has 0 atom stereocenters. The number of nitrogens with one attached hydrogen (secondary N) is 3. The number of ether oxygens (including phenoxy) is 1. The molecule has 0 saturated carbocycles. The minimum Gasteiger partial charge on any atom is -0.484 e. The van der Waals surface area contributed by atoms with E-state index in [1.807, 2.05) is 0 Å². The van der Waals surface area contributed by atoms with Crippen LogP contribution in [0.2, 0.25) is 0 Å². The molecule has 0 aliphatic rings. The van der Waals surface area contributed by atoms with Crippen LogP contribution >= 0.6 is 15.9 Å². The van der Waals surface area contributed by atoms with Crippen LogP contribution in [0.4, 0.5) is 4.39 Å². The third-order valence-electron chi connectivity index (χ3n) is 3.33. The summed E-state index contributed by atoms with van der Waals surface area (Å²) in [5, 5.41) is 0.565. The van der Waals surface area contributed by atoms with E-state index in [-0.39, 0.29) is 12.3 Å². The number of aromatic nitrogens is 1. The summed E-state index contributed by atoms with van der Waals surface area (Å²) < 4.78 is 19.3. The zero-order chi connectivity index (χ0) is 17.8. The lowest BCUT2D eigenvalue weighted by molar-refractivity contribution is -0.123. The van der Waals surface area contributed by atoms with E-state index < -0.39 is 17.6 Å². The van der Waals surface area contributed by atoms with Gasteiger partial charge in [0.15, 0.2) is 6.61 Å². The third kappa shape index (κ3) is 4.36. The van der Waals surface area contributed by atoms with E-state index in [1.165, 1.54) is 24.3 Å². The predicted molar refractivity (Wildman–Crippen MR) is 93.5 cm³/mol. The van der Waals surface area contributed by atoms with Gasteiger partial charge in [-0.25, -0.2) is 4.39 Å². The molecule has 0 aliphatic heterocycles. The highest BCUT2D eigenvalue weighted by atomic mass is 79.9. The van der Waals surface area contributed by atoms with E-state index in [9.17, 15) is 14.0 Å². The Morgan fingerprint density at radius 3 is 2.60 bits per heavy atom. The zero-order valence-corrected chi connectivity index (χ0v) is 14.4. The van der Waals surface area contributed by atoms with Gasteiger partial charge in [-0.2, -0.15) is 0 Å². The van der Waals surface area contributed by atoms with Crippen LogP contribution in [0.5, 0.6) is 5.75 Å². The first-order valence-electron chi connectivity index (χ1n) is 7.27. The number of carbonyl (C=O) groups excluding carboxylic acids is 2. The SMILES string of the molecule is O=C(COc1ccc(Br)cc1)NNC(=O)c1cc2cc(F)ccc2[nH]1. The van der Waals surface area contributed by atoms with Crippen molar-refractivity contribution in [3.63, 3.8) is 0 Å². The molecule has 3 aromatic rings. The smallest absolute Gasteiger partial charge is 0.286 e. The van der Waals surface area contributed by atoms with E-state index in [4.69, 9.17) is 4.74 Å². The summed E-state index contributed by atoms with van der Waals surface area (Å²) in [6.45, 7) is -0.250. The van der Waals surface area contributed by atoms with Gasteiger partial charge in [0.2, 0.25) is 0 Å². The van der Waals surface area contributed by atoms with Crippen molar-refractivity contribution in [2.45, 2.75) is 0 Å². The van der Waals surface area contributed by atoms with E-state index in [1.54, 1.807) is 24.3 Å². The van der Waals surface area contributed by atoms with Gasteiger partial charge in [-0.1, -0.05) is 15.9 Å². The summed E-state index contributed by atoms with van der Waals surface area (Å²) in [6.07, 6.45) is 0. The Balaban J connectivity index is 1.52. The third-order valence-corrected chi connectivity index (χ3v) is 3.86. The van der Waals surface area contributed by atoms with Crippen LogP contribution in [-0.4, -0.2) is 23.4 Å². The number of aromatic amines is 1. The van der Waals surface area contributed by atoms with Gasteiger partial charge in [0.05, 0.1) is 0 Å². The Bertz CT molecular complexity index is 925. The van der Waals surface area contributed by atoms with E-state index >= 15 is 0 Å². The fourth-order valence-electron chi connectivity index (χ4n) is 2.14. The molecule has 0 aliphatic carbocycles. The van der Waals surface area contributed by atoms with Crippen molar-refractivity contribution in [1.82, 2.24) is 15.8 Å². The molecule has 0 fully saturated rings. The standard InChI is InChI=1S/C17H13BrFN3O3/c18-11-1-4-13(5-2-11)25-9-16(23)21-22-17(24)15-8-10-7-12(19)3-6-14(10)20-15/h1-8,20H,9H2,(H,21,23)(H,22,24). The van der Waals surface area contributed by atoms with Crippen molar-refractivity contribution in [2.24, 2.45) is 0 Å². The fraction of sp³-hybridized carbons (Fsp3) is 0.0588. The maximum Gasteiger partial charge on any atom is 0.286 e. The second kappa shape index (κ2) is 7.35. The van der Waals surface area contributed by atoms with E-state index in [2.05, 4.69) is 31.8 Å². The number of rotatable bonds is 4. The van der Waals surface area contributed by atoms with E-state index in [0.717, 1.165) is 4.47 Å². The van der Waals surface area contributed by atoms with Gasteiger partial charge in [-0.05, 0) is 48.5 Å². The van der Waals surface area contributed by atoms with Crippen molar-refractivity contribution in [2.75, 3.05) is 6.61 Å². The van der Waals surface area contributed by atoms with Crippen LogP contribution in [0.3, 0.4) is 0 Å². The predicted octanol–water partition coefficient (Wildman–Crippen LogP) is 2.91. The van der Waals surface area contributed by atoms with Crippen molar-refractivity contribution in [3.8, 4) is 5.75 Å². The van der Waals surface area contributed by atoms with Crippen LogP contribution in [0.25, 0.3) is 10.9 Å². The summed E-state index contributed by atoms with van der Waals surface area (Å²) in [5.41, 5.74) is 5.35. The molecule has 3 rings (SSSR count). The Labute approximate surface area is 150 Å². The Morgan fingerprint density at radius 1 is 1.08 bits per heavy atom. The number of hydrazine groups is 1. The fourth-order valence-corrected chi connectivity index (χ4v) is 2.40. The second-order valence-corrected chi connectivity index (χ2v) is 6.08. The summed E-state index contributed by atoms with van der Waals surface area (Å²) in [6, 6.07) is 12.6.